The topological polar surface area (TPSA) is 64.1 Å². The minimum absolute atomic E-state index is 0.123. The molecule has 2 heterocycles. The van der Waals surface area contributed by atoms with E-state index >= 15 is 0 Å². The van der Waals surface area contributed by atoms with Gasteiger partial charge in [0, 0.05) is 45.5 Å². The Morgan fingerprint density at radius 1 is 0.912 bits per heavy atom. The lowest BCUT2D eigenvalue weighted by Crippen LogP contribution is -2.53. The van der Waals surface area contributed by atoms with E-state index in [1.54, 1.807) is 6.07 Å². The van der Waals surface area contributed by atoms with Gasteiger partial charge in [-0.3, -0.25) is 9.59 Å². The summed E-state index contributed by atoms with van der Waals surface area (Å²) in [7, 11) is 1.98. The Balaban J connectivity index is 1.38. The van der Waals surface area contributed by atoms with Crippen molar-refractivity contribution in [2.75, 3.05) is 44.7 Å². The van der Waals surface area contributed by atoms with Gasteiger partial charge in [0.05, 0.1) is 11.1 Å². The Labute approximate surface area is 195 Å². The molecule has 1 aliphatic carbocycles. The molecule has 2 amide bonds. The van der Waals surface area contributed by atoms with Gasteiger partial charge in [0.1, 0.15) is 5.60 Å². The minimum atomic E-state index is -4.69. The van der Waals surface area contributed by atoms with E-state index in [2.05, 4.69) is 4.90 Å². The summed E-state index contributed by atoms with van der Waals surface area (Å²) in [6, 6.07) is 9.51. The van der Waals surface area contributed by atoms with Gasteiger partial charge in [-0.1, -0.05) is 12.1 Å². The molecule has 0 radical (unpaired) electrons. The summed E-state index contributed by atoms with van der Waals surface area (Å²) in [4.78, 5) is 30.3. The van der Waals surface area contributed by atoms with Crippen LogP contribution in [0, 0.1) is 0 Å². The molecule has 0 unspecified atom stereocenters. The fraction of sp³-hybridized carbons (Fsp3) is 0.440. The van der Waals surface area contributed by atoms with E-state index in [4.69, 9.17) is 0 Å². The van der Waals surface area contributed by atoms with Crippen LogP contribution in [0.5, 0.6) is 0 Å². The molecular weight excluding hydrogens is 447 g/mol. The number of alkyl halides is 3. The average molecular weight is 473 g/mol. The number of nitrogens with zero attached hydrogens (tertiary/aromatic N) is 3. The molecule has 0 spiro atoms. The van der Waals surface area contributed by atoms with E-state index in [-0.39, 0.29) is 32.1 Å². The molecule has 0 aromatic heterocycles. The summed E-state index contributed by atoms with van der Waals surface area (Å²) in [5.74, 6) is -1.06. The summed E-state index contributed by atoms with van der Waals surface area (Å²) < 4.78 is 42.0. The van der Waals surface area contributed by atoms with Crippen LogP contribution in [0.25, 0.3) is 11.1 Å². The number of hydrogen-bond acceptors (Lipinski definition) is 4. The standard InChI is InChI=1S/C25H26F3N3O3/c1-29-9-6-18-14-16(3-5-21(18)29)17-2-4-19(20(15-17)25(26,27)28)22(32)30-10-12-31(13-11-30)23(33)24(34)7-8-24/h2-5,14-15,34H,6-13H2,1H3. The van der Waals surface area contributed by atoms with Crippen LogP contribution in [0.4, 0.5) is 18.9 Å². The molecule has 9 heteroatoms. The molecule has 5 rings (SSSR count). The first-order chi connectivity index (χ1) is 16.1. The molecule has 6 nitrogen and oxygen atoms in total. The second kappa shape index (κ2) is 8.01. The molecule has 1 saturated heterocycles. The van der Waals surface area contributed by atoms with Crippen LogP contribution in [-0.2, 0) is 17.4 Å². The van der Waals surface area contributed by atoms with Gasteiger partial charge >= 0.3 is 6.18 Å². The normalized spacial score (nSPS) is 19.3. The van der Waals surface area contributed by atoms with Gasteiger partial charge < -0.3 is 19.8 Å². The molecule has 0 bridgehead atoms. The van der Waals surface area contributed by atoms with E-state index in [9.17, 15) is 27.9 Å². The molecule has 2 aromatic carbocycles. The van der Waals surface area contributed by atoms with Crippen molar-refractivity contribution in [3.63, 3.8) is 0 Å². The molecule has 1 saturated carbocycles. The summed E-state index contributed by atoms with van der Waals surface area (Å²) in [5, 5.41) is 10.0. The highest BCUT2D eigenvalue weighted by molar-refractivity contribution is 5.97. The van der Waals surface area contributed by atoms with E-state index in [1.165, 1.54) is 15.9 Å². The summed E-state index contributed by atoms with van der Waals surface area (Å²) in [6.45, 7) is 1.50. The number of amides is 2. The Morgan fingerprint density at radius 2 is 1.53 bits per heavy atom. The smallest absolute Gasteiger partial charge is 0.380 e. The monoisotopic (exact) mass is 473 g/mol. The lowest BCUT2D eigenvalue weighted by molar-refractivity contribution is -0.143. The first-order valence-electron chi connectivity index (χ1n) is 11.4. The van der Waals surface area contributed by atoms with Crippen LogP contribution < -0.4 is 4.90 Å². The number of benzene rings is 2. The second-order valence-corrected chi connectivity index (χ2v) is 9.39. The fourth-order valence-corrected chi connectivity index (χ4v) is 4.80. The third-order valence-corrected chi connectivity index (χ3v) is 7.07. The number of halogens is 3. The van der Waals surface area contributed by atoms with Gasteiger partial charge in [0.2, 0.25) is 0 Å². The Morgan fingerprint density at radius 3 is 2.18 bits per heavy atom. The quantitative estimate of drug-likeness (QED) is 0.744. The number of aliphatic hydroxyl groups is 1. The van der Waals surface area contributed by atoms with Crippen molar-refractivity contribution in [1.29, 1.82) is 0 Å². The second-order valence-electron chi connectivity index (χ2n) is 9.39. The lowest BCUT2D eigenvalue weighted by Gasteiger charge is -2.36. The van der Waals surface area contributed by atoms with E-state index in [1.807, 2.05) is 25.2 Å². The number of hydrogen-bond donors (Lipinski definition) is 1. The number of fused-ring (bicyclic) bond motifs is 1. The number of carbonyl (C=O) groups is 2. The first-order valence-corrected chi connectivity index (χ1v) is 11.4. The highest BCUT2D eigenvalue weighted by Crippen LogP contribution is 2.38. The summed E-state index contributed by atoms with van der Waals surface area (Å²) in [5.41, 5.74) is 0.627. The number of anilines is 1. The van der Waals surface area contributed by atoms with Crippen LogP contribution >= 0.6 is 0 Å². The fourth-order valence-electron chi connectivity index (χ4n) is 4.80. The van der Waals surface area contributed by atoms with Crippen molar-refractivity contribution in [2.45, 2.75) is 31.0 Å². The maximum Gasteiger partial charge on any atom is 0.417 e. The number of carbonyl (C=O) groups excluding carboxylic acids is 2. The lowest BCUT2D eigenvalue weighted by atomic mass is 9.96. The van der Waals surface area contributed by atoms with Crippen LogP contribution in [0.2, 0.25) is 0 Å². The predicted octanol–water partition coefficient (Wildman–Crippen LogP) is 3.17. The maximum absolute atomic E-state index is 14.0. The molecule has 1 N–H and O–H groups in total. The van der Waals surface area contributed by atoms with Crippen molar-refractivity contribution in [1.82, 2.24) is 9.80 Å². The van der Waals surface area contributed by atoms with Gasteiger partial charge in [-0.05, 0) is 60.2 Å². The van der Waals surface area contributed by atoms with E-state index in [0.29, 0.717) is 24.0 Å². The minimum Gasteiger partial charge on any atom is -0.380 e. The number of rotatable bonds is 3. The van der Waals surface area contributed by atoms with Gasteiger partial charge in [0.15, 0.2) is 0 Å². The molecule has 0 atom stereocenters. The van der Waals surface area contributed by atoms with Crippen molar-refractivity contribution < 1.29 is 27.9 Å². The van der Waals surface area contributed by atoms with Crippen LogP contribution in [0.15, 0.2) is 36.4 Å². The molecular formula is C25H26F3N3O3. The molecule has 2 fully saturated rings. The molecule has 34 heavy (non-hydrogen) atoms. The number of piperazine rings is 1. The third kappa shape index (κ3) is 4.02. The zero-order chi connectivity index (χ0) is 24.3. The first kappa shape index (κ1) is 22.7. The Bertz CT molecular complexity index is 1150. The maximum atomic E-state index is 14.0. The van der Waals surface area contributed by atoms with Gasteiger partial charge in [-0.25, -0.2) is 0 Å². The van der Waals surface area contributed by atoms with Crippen LogP contribution in [-0.4, -0.2) is 72.1 Å². The van der Waals surface area contributed by atoms with Gasteiger partial charge in [-0.15, -0.1) is 0 Å². The van der Waals surface area contributed by atoms with E-state index < -0.39 is 28.8 Å². The van der Waals surface area contributed by atoms with Crippen molar-refractivity contribution in [3.05, 3.63) is 53.1 Å². The molecule has 2 aliphatic heterocycles. The highest BCUT2D eigenvalue weighted by Gasteiger charge is 2.50. The van der Waals surface area contributed by atoms with Crippen molar-refractivity contribution in [3.8, 4) is 11.1 Å². The predicted molar refractivity (Wildman–Crippen MR) is 121 cm³/mol. The molecule has 3 aliphatic rings. The summed E-state index contributed by atoms with van der Waals surface area (Å²) >= 11 is 0. The van der Waals surface area contributed by atoms with Crippen molar-refractivity contribution >= 4 is 17.5 Å². The van der Waals surface area contributed by atoms with Crippen molar-refractivity contribution in [2.24, 2.45) is 0 Å². The van der Waals surface area contributed by atoms with Crippen LogP contribution in [0.1, 0.15) is 34.3 Å². The zero-order valence-corrected chi connectivity index (χ0v) is 18.9. The van der Waals surface area contributed by atoms with Gasteiger partial charge in [0.25, 0.3) is 11.8 Å². The third-order valence-electron chi connectivity index (χ3n) is 7.07. The Hall–Kier alpha value is -3.07. The molecule has 2 aromatic rings. The SMILES string of the molecule is CN1CCc2cc(-c3ccc(C(=O)N4CCN(C(=O)C5(O)CC5)CC4)c(C(F)(F)F)c3)ccc21. The van der Waals surface area contributed by atoms with Crippen LogP contribution in [0.3, 0.4) is 0 Å². The summed E-state index contributed by atoms with van der Waals surface area (Å²) in [6.07, 6.45) is -3.00. The Kier molecular flexibility index (Phi) is 5.35. The molecule has 180 valence electrons. The van der Waals surface area contributed by atoms with E-state index in [0.717, 1.165) is 30.3 Å². The van der Waals surface area contributed by atoms with Gasteiger partial charge in [-0.2, -0.15) is 13.2 Å². The number of likely N-dealkylation sites (N-methyl/N-ethyl adjacent to an activating group) is 1. The largest absolute Gasteiger partial charge is 0.417 e. The highest BCUT2D eigenvalue weighted by atomic mass is 19.4. The average Bonchev–Trinajstić information content (AvgIpc) is 3.48. The zero-order valence-electron chi connectivity index (χ0n) is 18.9.